The number of anilines is 1. The van der Waals surface area contributed by atoms with E-state index in [-0.39, 0.29) is 5.69 Å². The van der Waals surface area contributed by atoms with Crippen LogP contribution in [0.1, 0.15) is 49.4 Å². The van der Waals surface area contributed by atoms with Crippen molar-refractivity contribution in [3.05, 3.63) is 53.9 Å². The molecule has 0 spiro atoms. The number of rotatable bonds is 4. The average Bonchev–Trinajstić information content (AvgIpc) is 2.67. The van der Waals surface area contributed by atoms with Crippen LogP contribution in [0.2, 0.25) is 0 Å². The van der Waals surface area contributed by atoms with Crippen LogP contribution in [0.4, 0.5) is 23.2 Å². The molecule has 1 aromatic carbocycles. The summed E-state index contributed by atoms with van der Waals surface area (Å²) < 4.78 is 52.9. The lowest BCUT2D eigenvalue weighted by Crippen LogP contribution is -2.41. The fourth-order valence-corrected chi connectivity index (χ4v) is 3.31. The predicted octanol–water partition coefficient (Wildman–Crippen LogP) is 4.76. The van der Waals surface area contributed by atoms with Crippen LogP contribution < -0.4 is 4.90 Å². The molecule has 1 aromatic heterocycles. The van der Waals surface area contributed by atoms with Gasteiger partial charge in [-0.1, -0.05) is 31.4 Å². The lowest BCUT2D eigenvalue weighted by molar-refractivity contribution is -0.170. The molecule has 1 fully saturated rings. The Bertz CT molecular complexity index is 786. The van der Waals surface area contributed by atoms with Gasteiger partial charge in [-0.15, -0.1) is 0 Å². The Kier molecular flexibility index (Phi) is 5.72. The number of amides is 1. The molecule has 4 nitrogen and oxygen atoms in total. The third kappa shape index (κ3) is 4.61. The van der Waals surface area contributed by atoms with Crippen LogP contribution in [0, 0.1) is 5.82 Å². The quantitative estimate of drug-likeness (QED) is 0.718. The highest BCUT2D eigenvalue weighted by atomic mass is 19.4. The van der Waals surface area contributed by atoms with Gasteiger partial charge in [-0.2, -0.15) is 13.2 Å². The van der Waals surface area contributed by atoms with Crippen LogP contribution in [-0.4, -0.2) is 22.1 Å². The summed E-state index contributed by atoms with van der Waals surface area (Å²) in [5.74, 6) is -2.76. The van der Waals surface area contributed by atoms with E-state index in [4.69, 9.17) is 0 Å². The monoisotopic (exact) mass is 381 g/mol. The summed E-state index contributed by atoms with van der Waals surface area (Å²) in [5.41, 5.74) is 0.520. The van der Waals surface area contributed by atoms with Crippen molar-refractivity contribution in [1.29, 1.82) is 0 Å². The number of nitrogens with zero attached hydrogens (tertiary/aromatic N) is 3. The van der Waals surface area contributed by atoms with Gasteiger partial charge >= 0.3 is 12.1 Å². The van der Waals surface area contributed by atoms with Gasteiger partial charge in [-0.05, 0) is 25.0 Å². The molecule has 1 heterocycles. The molecule has 0 unspecified atom stereocenters. The molecule has 0 N–H and O–H groups in total. The summed E-state index contributed by atoms with van der Waals surface area (Å²) in [4.78, 5) is 20.7. The molecule has 144 valence electrons. The number of hydrogen-bond donors (Lipinski definition) is 0. The Balaban J connectivity index is 1.83. The van der Waals surface area contributed by atoms with E-state index < -0.39 is 30.1 Å². The van der Waals surface area contributed by atoms with E-state index in [9.17, 15) is 22.4 Å². The summed E-state index contributed by atoms with van der Waals surface area (Å²) >= 11 is 0. The number of carbonyl (C=O) groups is 1. The van der Waals surface area contributed by atoms with Crippen molar-refractivity contribution in [3.63, 3.8) is 0 Å². The number of benzene rings is 1. The molecule has 1 saturated carbocycles. The highest BCUT2D eigenvalue weighted by Gasteiger charge is 2.43. The lowest BCUT2D eigenvalue weighted by Gasteiger charge is -2.24. The maximum Gasteiger partial charge on any atom is 0.471 e. The maximum atomic E-state index is 14.0. The van der Waals surface area contributed by atoms with Gasteiger partial charge in [0.15, 0.2) is 0 Å². The van der Waals surface area contributed by atoms with Crippen molar-refractivity contribution in [2.75, 3.05) is 4.90 Å². The molecule has 0 radical (unpaired) electrons. The van der Waals surface area contributed by atoms with Crippen LogP contribution in [0.25, 0.3) is 0 Å². The Labute approximate surface area is 154 Å². The zero-order chi connectivity index (χ0) is 19.4. The van der Waals surface area contributed by atoms with Crippen LogP contribution in [0.3, 0.4) is 0 Å². The second-order valence-corrected chi connectivity index (χ2v) is 6.61. The van der Waals surface area contributed by atoms with Crippen LogP contribution in [0.15, 0.2) is 36.7 Å². The van der Waals surface area contributed by atoms with Crippen molar-refractivity contribution in [2.24, 2.45) is 0 Å². The number of aromatic nitrogens is 2. The van der Waals surface area contributed by atoms with Crippen molar-refractivity contribution in [2.45, 2.75) is 50.7 Å². The van der Waals surface area contributed by atoms with Crippen LogP contribution >= 0.6 is 0 Å². The van der Waals surface area contributed by atoms with Gasteiger partial charge in [-0.3, -0.25) is 19.7 Å². The van der Waals surface area contributed by atoms with Crippen molar-refractivity contribution in [1.82, 2.24) is 9.97 Å². The third-order valence-corrected chi connectivity index (χ3v) is 4.70. The first-order valence-electron chi connectivity index (χ1n) is 8.80. The first-order chi connectivity index (χ1) is 12.9. The average molecular weight is 381 g/mol. The summed E-state index contributed by atoms with van der Waals surface area (Å²) in [5, 5.41) is 0. The Hall–Kier alpha value is -2.51. The van der Waals surface area contributed by atoms with Gasteiger partial charge < -0.3 is 0 Å². The molecule has 2 aromatic rings. The minimum atomic E-state index is -5.13. The van der Waals surface area contributed by atoms with E-state index in [1.807, 2.05) is 0 Å². The van der Waals surface area contributed by atoms with E-state index in [1.54, 1.807) is 6.20 Å². The number of alkyl halides is 3. The molecule has 0 bridgehead atoms. The summed E-state index contributed by atoms with van der Waals surface area (Å²) in [6, 6.07) is 4.84. The minimum Gasteiger partial charge on any atom is -0.296 e. The molecule has 8 heteroatoms. The number of hydrogen-bond acceptors (Lipinski definition) is 3. The minimum absolute atomic E-state index is 0.162. The topological polar surface area (TPSA) is 46.1 Å². The Morgan fingerprint density at radius 2 is 1.78 bits per heavy atom. The molecule has 27 heavy (non-hydrogen) atoms. The zero-order valence-electron chi connectivity index (χ0n) is 14.5. The lowest BCUT2D eigenvalue weighted by atomic mass is 9.87. The Morgan fingerprint density at radius 1 is 1.07 bits per heavy atom. The largest absolute Gasteiger partial charge is 0.471 e. The zero-order valence-corrected chi connectivity index (χ0v) is 14.5. The molecule has 0 aliphatic heterocycles. The second-order valence-electron chi connectivity index (χ2n) is 6.61. The SMILES string of the molecule is O=C(N(Cc1cnc(C2CCCCC2)cn1)c1ccccc1F)C(F)(F)F. The highest BCUT2D eigenvalue weighted by Crippen LogP contribution is 2.31. The van der Waals surface area contributed by atoms with Crippen molar-refractivity contribution >= 4 is 11.6 Å². The third-order valence-electron chi connectivity index (χ3n) is 4.70. The molecule has 1 amide bonds. The molecular weight excluding hydrogens is 362 g/mol. The molecule has 1 aliphatic rings. The Morgan fingerprint density at radius 3 is 2.37 bits per heavy atom. The van der Waals surface area contributed by atoms with E-state index >= 15 is 0 Å². The van der Waals surface area contributed by atoms with Gasteiger partial charge in [0.25, 0.3) is 0 Å². The fraction of sp³-hybridized carbons (Fsp3) is 0.421. The highest BCUT2D eigenvalue weighted by molar-refractivity contribution is 5.97. The number of para-hydroxylation sites is 1. The number of carbonyl (C=O) groups excluding carboxylic acids is 1. The maximum absolute atomic E-state index is 14.0. The smallest absolute Gasteiger partial charge is 0.296 e. The molecular formula is C19H19F4N3O. The van der Waals surface area contributed by atoms with Crippen molar-refractivity contribution < 1.29 is 22.4 Å². The van der Waals surface area contributed by atoms with E-state index in [2.05, 4.69) is 9.97 Å². The molecule has 0 saturated heterocycles. The standard InChI is InChI=1S/C19H19F4N3O/c20-15-8-4-5-9-17(15)26(18(27)19(21,22)23)12-14-10-25-16(11-24-14)13-6-2-1-3-7-13/h4-5,8-11,13H,1-3,6-7,12H2. The van der Waals surface area contributed by atoms with Crippen LogP contribution in [-0.2, 0) is 11.3 Å². The van der Waals surface area contributed by atoms with Gasteiger partial charge in [0.05, 0.1) is 29.8 Å². The first kappa shape index (κ1) is 19.3. The predicted molar refractivity (Wildman–Crippen MR) is 91.5 cm³/mol. The second kappa shape index (κ2) is 8.02. The first-order valence-corrected chi connectivity index (χ1v) is 8.80. The summed E-state index contributed by atoms with van der Waals surface area (Å²) in [6.07, 6.45) is 3.25. The van der Waals surface area contributed by atoms with E-state index in [0.717, 1.165) is 43.5 Å². The molecule has 0 atom stereocenters. The summed E-state index contributed by atoms with van der Waals surface area (Å²) in [6.45, 7) is -0.517. The molecule has 1 aliphatic carbocycles. The van der Waals surface area contributed by atoms with E-state index in [0.29, 0.717) is 10.8 Å². The van der Waals surface area contributed by atoms with Gasteiger partial charge in [0.2, 0.25) is 0 Å². The summed E-state index contributed by atoms with van der Waals surface area (Å²) in [7, 11) is 0. The number of halogens is 4. The van der Waals surface area contributed by atoms with Gasteiger partial charge in [0.1, 0.15) is 5.82 Å². The normalized spacial score (nSPS) is 15.6. The van der Waals surface area contributed by atoms with E-state index in [1.165, 1.54) is 24.8 Å². The fourth-order valence-electron chi connectivity index (χ4n) is 3.31. The van der Waals surface area contributed by atoms with Gasteiger partial charge in [0, 0.05) is 12.1 Å². The molecule has 3 rings (SSSR count). The van der Waals surface area contributed by atoms with Gasteiger partial charge in [-0.25, -0.2) is 4.39 Å². The van der Waals surface area contributed by atoms with Crippen molar-refractivity contribution in [3.8, 4) is 0 Å². The van der Waals surface area contributed by atoms with Crippen LogP contribution in [0.5, 0.6) is 0 Å².